The number of hydrogen-bond donors (Lipinski definition) is 1. The van der Waals surface area contributed by atoms with Gasteiger partial charge in [-0.2, -0.15) is 0 Å². The Morgan fingerprint density at radius 3 is 2.57 bits per heavy atom. The Labute approximate surface area is 92.1 Å². The maximum atomic E-state index is 10.3. The van der Waals surface area contributed by atoms with E-state index < -0.39 is 5.97 Å². The molecule has 1 aromatic carbocycles. The highest BCUT2D eigenvalue weighted by Crippen LogP contribution is 2.14. The van der Waals surface area contributed by atoms with Crippen molar-refractivity contribution in [1.29, 1.82) is 0 Å². The Bertz CT molecular complexity index is 285. The molecule has 3 heteroatoms. The molecule has 0 aliphatic carbocycles. The van der Waals surface area contributed by atoms with E-state index in [1.54, 1.807) is 0 Å². The average molecular weight is 257 g/mol. The van der Waals surface area contributed by atoms with Crippen LogP contribution in [0.5, 0.6) is 0 Å². The molecular weight excluding hydrogens is 244 g/mol. The van der Waals surface area contributed by atoms with E-state index in [0.717, 1.165) is 6.42 Å². The predicted octanol–water partition coefficient (Wildman–Crippen LogP) is 2.86. The van der Waals surface area contributed by atoms with Crippen LogP contribution in [0, 0.1) is 0 Å². The average Bonchev–Trinajstić information content (AvgIpc) is 2.16. The lowest BCUT2D eigenvalue weighted by atomic mass is 10.1. The third kappa shape index (κ3) is 4.42. The van der Waals surface area contributed by atoms with Crippen LogP contribution in [0.4, 0.5) is 0 Å². The summed E-state index contributed by atoms with van der Waals surface area (Å²) in [6.45, 7) is 0. The van der Waals surface area contributed by atoms with Gasteiger partial charge in [-0.3, -0.25) is 4.79 Å². The zero-order valence-corrected chi connectivity index (χ0v) is 9.40. The number of alkyl halides is 1. The van der Waals surface area contributed by atoms with Crippen molar-refractivity contribution in [2.75, 3.05) is 0 Å². The number of carboxylic acid groups (broad SMARTS) is 1. The number of hydrogen-bond acceptors (Lipinski definition) is 1. The molecule has 0 amide bonds. The maximum absolute atomic E-state index is 10.3. The highest BCUT2D eigenvalue weighted by Gasteiger charge is 2.07. The molecule has 0 saturated heterocycles. The summed E-state index contributed by atoms with van der Waals surface area (Å²) in [5.74, 6) is -0.734. The number of benzene rings is 1. The van der Waals surface area contributed by atoms with Crippen LogP contribution in [-0.2, 0) is 11.2 Å². The Morgan fingerprint density at radius 1 is 1.36 bits per heavy atom. The second kappa shape index (κ2) is 5.81. The normalized spacial score (nSPS) is 12.4. The molecule has 2 nitrogen and oxygen atoms in total. The Morgan fingerprint density at radius 2 is 2.00 bits per heavy atom. The second-order valence-corrected chi connectivity index (χ2v) is 4.51. The molecule has 1 unspecified atom stereocenters. The number of rotatable bonds is 5. The van der Waals surface area contributed by atoms with Crippen LogP contribution in [0.25, 0.3) is 0 Å². The number of aliphatic carboxylic acids is 1. The third-order valence-electron chi connectivity index (χ3n) is 1.97. The van der Waals surface area contributed by atoms with Crippen molar-refractivity contribution in [3.63, 3.8) is 0 Å². The van der Waals surface area contributed by atoms with Crippen molar-refractivity contribution in [3.05, 3.63) is 35.9 Å². The summed E-state index contributed by atoms with van der Waals surface area (Å²) in [5, 5.41) is 8.51. The van der Waals surface area contributed by atoms with E-state index in [9.17, 15) is 4.79 Å². The summed E-state index contributed by atoms with van der Waals surface area (Å²) in [6.07, 6.45) is 1.78. The zero-order chi connectivity index (χ0) is 10.4. The van der Waals surface area contributed by atoms with Gasteiger partial charge in [-0.25, -0.2) is 0 Å². The standard InChI is InChI=1S/C11H13BrO2/c12-10(6-7-11(13)14)8-9-4-2-1-3-5-9/h1-5,10H,6-8H2,(H,13,14). The van der Waals surface area contributed by atoms with Crippen molar-refractivity contribution in [1.82, 2.24) is 0 Å². The molecular formula is C11H13BrO2. The van der Waals surface area contributed by atoms with Crippen LogP contribution in [0.3, 0.4) is 0 Å². The minimum Gasteiger partial charge on any atom is -0.481 e. The van der Waals surface area contributed by atoms with Gasteiger partial charge >= 0.3 is 5.97 Å². The summed E-state index contributed by atoms with van der Waals surface area (Å²) < 4.78 is 0. The fourth-order valence-corrected chi connectivity index (χ4v) is 1.85. The van der Waals surface area contributed by atoms with Gasteiger partial charge in [0.1, 0.15) is 0 Å². The number of carbonyl (C=O) groups is 1. The summed E-state index contributed by atoms with van der Waals surface area (Å²) in [6, 6.07) is 10.1. The van der Waals surface area contributed by atoms with Crippen LogP contribution in [0.1, 0.15) is 18.4 Å². The highest BCUT2D eigenvalue weighted by atomic mass is 79.9. The fraction of sp³-hybridized carbons (Fsp3) is 0.364. The molecule has 0 aromatic heterocycles. The molecule has 1 aromatic rings. The molecule has 14 heavy (non-hydrogen) atoms. The molecule has 1 N–H and O–H groups in total. The third-order valence-corrected chi connectivity index (χ3v) is 2.75. The summed E-state index contributed by atoms with van der Waals surface area (Å²) in [7, 11) is 0. The molecule has 0 aliphatic rings. The maximum Gasteiger partial charge on any atom is 0.303 e. The van der Waals surface area contributed by atoms with Crippen LogP contribution in [0.15, 0.2) is 30.3 Å². The van der Waals surface area contributed by atoms with E-state index in [0.29, 0.717) is 6.42 Å². The lowest BCUT2D eigenvalue weighted by Gasteiger charge is -2.07. The quantitative estimate of drug-likeness (QED) is 0.823. The van der Waals surface area contributed by atoms with Crippen LogP contribution >= 0.6 is 15.9 Å². The number of halogens is 1. The Hall–Kier alpha value is -0.830. The van der Waals surface area contributed by atoms with Gasteiger partial charge in [0.05, 0.1) is 0 Å². The first-order chi connectivity index (χ1) is 6.68. The summed E-state index contributed by atoms with van der Waals surface area (Å²) in [5.41, 5.74) is 1.24. The van der Waals surface area contributed by atoms with Gasteiger partial charge in [0, 0.05) is 11.2 Å². The zero-order valence-electron chi connectivity index (χ0n) is 7.82. The van der Waals surface area contributed by atoms with Crippen LogP contribution in [0.2, 0.25) is 0 Å². The summed E-state index contributed by atoms with van der Waals surface area (Å²) >= 11 is 3.48. The fourth-order valence-electron chi connectivity index (χ4n) is 1.25. The van der Waals surface area contributed by atoms with Crippen molar-refractivity contribution < 1.29 is 9.90 Å². The largest absolute Gasteiger partial charge is 0.481 e. The minimum absolute atomic E-state index is 0.225. The lowest BCUT2D eigenvalue weighted by Crippen LogP contribution is -2.06. The van der Waals surface area contributed by atoms with Gasteiger partial charge < -0.3 is 5.11 Å². The van der Waals surface area contributed by atoms with Gasteiger partial charge in [0.25, 0.3) is 0 Å². The molecule has 1 rings (SSSR count). The monoisotopic (exact) mass is 256 g/mol. The minimum atomic E-state index is -0.734. The molecule has 0 spiro atoms. The van der Waals surface area contributed by atoms with Gasteiger partial charge in [-0.1, -0.05) is 46.3 Å². The molecule has 0 heterocycles. The molecule has 76 valence electrons. The highest BCUT2D eigenvalue weighted by molar-refractivity contribution is 9.09. The van der Waals surface area contributed by atoms with Gasteiger partial charge in [-0.15, -0.1) is 0 Å². The first kappa shape index (κ1) is 11.2. The first-order valence-electron chi connectivity index (χ1n) is 4.58. The van der Waals surface area contributed by atoms with Crippen molar-refractivity contribution in [3.8, 4) is 0 Å². The van der Waals surface area contributed by atoms with Gasteiger partial charge in [0.15, 0.2) is 0 Å². The van der Waals surface area contributed by atoms with Gasteiger partial charge in [0.2, 0.25) is 0 Å². The van der Waals surface area contributed by atoms with Crippen molar-refractivity contribution >= 4 is 21.9 Å². The molecule has 0 fully saturated rings. The van der Waals surface area contributed by atoms with Crippen molar-refractivity contribution in [2.24, 2.45) is 0 Å². The molecule has 1 atom stereocenters. The SMILES string of the molecule is O=C(O)CCC(Br)Cc1ccccc1. The number of carboxylic acids is 1. The van der Waals surface area contributed by atoms with E-state index in [4.69, 9.17) is 5.11 Å². The van der Waals surface area contributed by atoms with E-state index in [2.05, 4.69) is 28.1 Å². The molecule has 0 radical (unpaired) electrons. The van der Waals surface area contributed by atoms with E-state index in [1.165, 1.54) is 5.56 Å². The second-order valence-electron chi connectivity index (χ2n) is 3.22. The Balaban J connectivity index is 2.34. The first-order valence-corrected chi connectivity index (χ1v) is 5.50. The lowest BCUT2D eigenvalue weighted by molar-refractivity contribution is -0.137. The van der Waals surface area contributed by atoms with Gasteiger partial charge in [-0.05, 0) is 18.4 Å². The van der Waals surface area contributed by atoms with E-state index in [1.807, 2.05) is 18.2 Å². The van der Waals surface area contributed by atoms with Crippen molar-refractivity contribution in [2.45, 2.75) is 24.1 Å². The van der Waals surface area contributed by atoms with Crippen LogP contribution < -0.4 is 0 Å². The van der Waals surface area contributed by atoms with E-state index in [-0.39, 0.29) is 11.2 Å². The smallest absolute Gasteiger partial charge is 0.303 e. The molecule has 0 saturated carbocycles. The molecule has 0 aliphatic heterocycles. The predicted molar refractivity (Wildman–Crippen MR) is 59.7 cm³/mol. The van der Waals surface area contributed by atoms with Crippen LogP contribution in [-0.4, -0.2) is 15.9 Å². The molecule has 0 bridgehead atoms. The Kier molecular flexibility index (Phi) is 4.66. The van der Waals surface area contributed by atoms with E-state index >= 15 is 0 Å². The topological polar surface area (TPSA) is 37.3 Å². The summed E-state index contributed by atoms with van der Waals surface area (Å²) in [4.78, 5) is 10.6.